The van der Waals surface area contributed by atoms with Gasteiger partial charge in [0.05, 0.1) is 50.6 Å². The molecule has 0 aliphatic heterocycles. The number of carbonyl (C=O) groups excluding carboxylic acids is 1. The average molecular weight is 479 g/mol. The fourth-order valence-electron chi connectivity index (χ4n) is 3.04. The second-order valence-electron chi connectivity index (χ2n) is 6.68. The van der Waals surface area contributed by atoms with Gasteiger partial charge in [-0.25, -0.2) is 4.79 Å². The Kier molecular flexibility index (Phi) is 9.29. The third-order valence-corrected chi connectivity index (χ3v) is 5.59. The summed E-state index contributed by atoms with van der Waals surface area (Å²) in [5.74, 6) is -0.256. The molecule has 0 aliphatic rings. The van der Waals surface area contributed by atoms with Crippen LogP contribution >= 0.6 is 0 Å². The van der Waals surface area contributed by atoms with Gasteiger partial charge in [-0.2, -0.15) is 0 Å². The van der Waals surface area contributed by atoms with Crippen molar-refractivity contribution >= 4 is 28.8 Å². The number of hydrogen-bond donors (Lipinski definition) is 1. The van der Waals surface area contributed by atoms with E-state index in [0.717, 1.165) is 6.92 Å². The van der Waals surface area contributed by atoms with Crippen LogP contribution in [-0.2, 0) is 30.9 Å². The quantitative estimate of drug-likeness (QED) is 0.485. The maximum absolute atomic E-state index is 12.7. The first-order valence-corrected chi connectivity index (χ1v) is 11.0. The highest BCUT2D eigenvalue weighted by Gasteiger charge is 2.27. The van der Waals surface area contributed by atoms with Gasteiger partial charge in [-0.1, -0.05) is 6.07 Å². The van der Waals surface area contributed by atoms with E-state index in [1.54, 1.807) is 30.3 Å². The van der Waals surface area contributed by atoms with Crippen molar-refractivity contribution in [3.8, 4) is 23.0 Å². The third kappa shape index (κ3) is 6.72. The molecule has 0 fully saturated rings. The summed E-state index contributed by atoms with van der Waals surface area (Å²) in [5.41, 5.74) is 1.31. The van der Waals surface area contributed by atoms with Gasteiger partial charge in [0.15, 0.2) is 0 Å². The van der Waals surface area contributed by atoms with Gasteiger partial charge in [0.25, 0.3) is 0 Å². The number of esters is 1. The van der Waals surface area contributed by atoms with Gasteiger partial charge < -0.3 is 28.8 Å². The fraction of sp³-hybridized carbons (Fsp3) is 0.304. The van der Waals surface area contributed by atoms with Gasteiger partial charge in [0.2, 0.25) is 6.10 Å². The molecule has 0 aromatic heterocycles. The van der Waals surface area contributed by atoms with Gasteiger partial charge >= 0.3 is 11.9 Å². The smallest absolute Gasteiger partial charge is 0.349 e. The highest BCUT2D eigenvalue weighted by atomic mass is 32.2. The van der Waals surface area contributed by atoms with E-state index in [0.29, 0.717) is 28.4 Å². The lowest BCUT2D eigenvalue weighted by atomic mass is 10.0. The van der Waals surface area contributed by atoms with Gasteiger partial charge in [-0.15, -0.1) is 0 Å². The molecular weight excluding hydrogens is 452 g/mol. The fourth-order valence-corrected chi connectivity index (χ4v) is 3.94. The number of benzene rings is 2. The Morgan fingerprint density at radius 3 is 2.06 bits per heavy atom. The minimum absolute atomic E-state index is 0.0840. The van der Waals surface area contributed by atoms with Crippen LogP contribution in [0.5, 0.6) is 23.0 Å². The van der Waals surface area contributed by atoms with Crippen LogP contribution in [0.15, 0.2) is 35.7 Å². The van der Waals surface area contributed by atoms with Crippen molar-refractivity contribution in [1.29, 1.82) is 0 Å². The van der Waals surface area contributed by atoms with Gasteiger partial charge in [0, 0.05) is 30.0 Å². The lowest BCUT2D eigenvalue weighted by Crippen LogP contribution is -2.19. The van der Waals surface area contributed by atoms with Crippen LogP contribution < -0.4 is 18.9 Å². The van der Waals surface area contributed by atoms with Gasteiger partial charge in [0.1, 0.15) is 23.0 Å². The number of carboxylic acid groups (broad SMARTS) is 1. The summed E-state index contributed by atoms with van der Waals surface area (Å²) in [6, 6.07) is 8.07. The van der Waals surface area contributed by atoms with E-state index in [2.05, 4.69) is 0 Å². The molecule has 2 atom stereocenters. The summed E-state index contributed by atoms with van der Waals surface area (Å²) >= 11 is 0. The van der Waals surface area contributed by atoms with E-state index in [4.69, 9.17) is 23.7 Å². The van der Waals surface area contributed by atoms with Crippen molar-refractivity contribution < 1.29 is 42.6 Å². The normalized spacial score (nSPS) is 12.6. The maximum atomic E-state index is 12.7. The summed E-state index contributed by atoms with van der Waals surface area (Å²) in [5, 5.41) is 11.0. The molecule has 2 aromatic rings. The van der Waals surface area contributed by atoms with E-state index in [1.165, 1.54) is 39.9 Å². The van der Waals surface area contributed by atoms with Crippen LogP contribution in [0.4, 0.5) is 0 Å². The molecule has 0 heterocycles. The second-order valence-corrected chi connectivity index (χ2v) is 8.00. The zero-order chi connectivity index (χ0) is 24.5. The number of rotatable bonds is 11. The predicted octanol–water partition coefficient (Wildman–Crippen LogP) is 3.33. The molecule has 33 heavy (non-hydrogen) atoms. The monoisotopic (exact) mass is 478 g/mol. The number of ether oxygens (including phenoxy) is 5. The number of aliphatic carboxylic acids is 1. The Morgan fingerprint density at radius 2 is 1.58 bits per heavy atom. The highest BCUT2D eigenvalue weighted by molar-refractivity contribution is 7.87. The molecule has 2 aromatic carbocycles. The molecular formula is C23H26O9S. The van der Waals surface area contributed by atoms with Crippen molar-refractivity contribution in [3.63, 3.8) is 0 Å². The molecule has 0 amide bonds. The first-order valence-electron chi connectivity index (χ1n) is 9.66. The molecule has 0 spiro atoms. The van der Waals surface area contributed by atoms with E-state index in [9.17, 15) is 18.9 Å². The predicted molar refractivity (Wildman–Crippen MR) is 122 cm³/mol. The molecule has 10 heteroatoms. The van der Waals surface area contributed by atoms with Crippen LogP contribution in [0, 0.1) is 0 Å². The molecule has 0 saturated carbocycles. The Morgan fingerprint density at radius 1 is 0.970 bits per heavy atom. The zero-order valence-corrected chi connectivity index (χ0v) is 19.8. The lowest BCUT2D eigenvalue weighted by Gasteiger charge is -2.17. The Balaban J connectivity index is 2.32. The number of carboxylic acids is 1. The van der Waals surface area contributed by atoms with Gasteiger partial charge in [-0.3, -0.25) is 9.00 Å². The van der Waals surface area contributed by atoms with Crippen molar-refractivity contribution in [1.82, 2.24) is 0 Å². The maximum Gasteiger partial charge on any atom is 0.349 e. The van der Waals surface area contributed by atoms with Crippen molar-refractivity contribution in [3.05, 3.63) is 52.4 Å². The standard InChI is InChI=1S/C23H26O9S/c1-14(24)32-22(23(25)26)18-10-15(6-7-19(18)29-3)13-33(27)9-8-17-20(30-4)11-16(28-2)12-21(17)31-5/h6-12,22H,13H2,1-5H3,(H,25,26)/b9-8+. The molecule has 9 nitrogen and oxygen atoms in total. The Labute approximate surface area is 194 Å². The molecule has 2 unspecified atom stereocenters. The molecule has 1 N–H and O–H groups in total. The topological polar surface area (TPSA) is 118 Å². The van der Waals surface area contributed by atoms with Crippen LogP contribution in [0.1, 0.15) is 29.7 Å². The van der Waals surface area contributed by atoms with Crippen LogP contribution in [-0.4, -0.2) is 49.7 Å². The zero-order valence-electron chi connectivity index (χ0n) is 18.9. The van der Waals surface area contributed by atoms with Crippen LogP contribution in [0.2, 0.25) is 0 Å². The minimum Gasteiger partial charge on any atom is -0.496 e. The van der Waals surface area contributed by atoms with E-state index in [-0.39, 0.29) is 17.1 Å². The lowest BCUT2D eigenvalue weighted by molar-refractivity contribution is -0.163. The summed E-state index contributed by atoms with van der Waals surface area (Å²) in [4.78, 5) is 23.0. The van der Waals surface area contributed by atoms with E-state index >= 15 is 0 Å². The number of methoxy groups -OCH3 is 4. The van der Waals surface area contributed by atoms with Gasteiger partial charge in [-0.05, 0) is 23.8 Å². The Bertz CT molecular complexity index is 1040. The SMILES string of the molecule is COc1cc(OC)c(/C=C/S(=O)Cc2ccc(OC)c(C(OC(C)=O)C(=O)O)c2)c(OC)c1. The highest BCUT2D eigenvalue weighted by Crippen LogP contribution is 2.35. The molecule has 0 bridgehead atoms. The first kappa shape index (κ1) is 25.7. The van der Waals surface area contributed by atoms with E-state index < -0.39 is 28.8 Å². The van der Waals surface area contributed by atoms with Crippen molar-refractivity contribution in [2.45, 2.75) is 18.8 Å². The number of hydrogen-bond acceptors (Lipinski definition) is 8. The molecule has 178 valence electrons. The molecule has 0 saturated heterocycles. The summed E-state index contributed by atoms with van der Waals surface area (Å²) in [7, 11) is 4.44. The van der Waals surface area contributed by atoms with Crippen LogP contribution in [0.3, 0.4) is 0 Å². The minimum atomic E-state index is -1.55. The van der Waals surface area contributed by atoms with E-state index in [1.807, 2.05) is 0 Å². The summed E-state index contributed by atoms with van der Waals surface area (Å²) < 4.78 is 38.9. The van der Waals surface area contributed by atoms with Crippen molar-refractivity contribution in [2.24, 2.45) is 0 Å². The van der Waals surface area contributed by atoms with Crippen molar-refractivity contribution in [2.75, 3.05) is 28.4 Å². The average Bonchev–Trinajstić information content (AvgIpc) is 2.80. The second kappa shape index (κ2) is 11.9. The number of carbonyl (C=O) groups is 2. The summed E-state index contributed by atoms with van der Waals surface area (Å²) in [6.45, 7) is 1.12. The van der Waals surface area contributed by atoms with Crippen LogP contribution in [0.25, 0.3) is 6.08 Å². The summed E-state index contributed by atoms with van der Waals surface area (Å²) in [6.07, 6.45) is 0.0746. The first-order chi connectivity index (χ1) is 15.7. The Hall–Kier alpha value is -3.53. The third-order valence-electron chi connectivity index (χ3n) is 4.53. The molecule has 2 rings (SSSR count). The largest absolute Gasteiger partial charge is 0.496 e. The molecule has 0 aliphatic carbocycles. The molecule has 0 radical (unpaired) electrons.